The number of halogens is 1. The molecule has 1 aromatic heterocycles. The number of carbonyl (C=O) groups is 1. The van der Waals surface area contributed by atoms with Gasteiger partial charge in [-0.25, -0.2) is 4.98 Å². The van der Waals surface area contributed by atoms with Crippen LogP contribution in [0, 0.1) is 10.1 Å². The van der Waals surface area contributed by atoms with E-state index >= 15 is 0 Å². The number of nitro benzene ring substituents is 1. The Morgan fingerprint density at radius 1 is 1.28 bits per heavy atom. The zero-order chi connectivity index (χ0) is 21.0. The first-order valence-corrected chi connectivity index (χ1v) is 9.43. The average molecular weight is 414 g/mol. The predicted octanol–water partition coefficient (Wildman–Crippen LogP) is 5.06. The zero-order valence-electron chi connectivity index (χ0n) is 16.0. The van der Waals surface area contributed by atoms with Crippen LogP contribution >= 0.6 is 11.6 Å². The van der Waals surface area contributed by atoms with Gasteiger partial charge in [0.15, 0.2) is 11.7 Å². The Bertz CT molecular complexity index is 1020. The molecule has 29 heavy (non-hydrogen) atoms. The van der Waals surface area contributed by atoms with E-state index in [9.17, 15) is 14.9 Å². The van der Waals surface area contributed by atoms with Gasteiger partial charge >= 0.3 is 0 Å². The minimum Gasteiger partial charge on any atom is -0.441 e. The summed E-state index contributed by atoms with van der Waals surface area (Å²) in [4.78, 5) is 28.9. The summed E-state index contributed by atoms with van der Waals surface area (Å²) >= 11 is 5.89. The molecule has 1 heterocycles. The van der Waals surface area contributed by atoms with Gasteiger partial charge in [-0.2, -0.15) is 0 Å². The van der Waals surface area contributed by atoms with Gasteiger partial charge in [0.05, 0.1) is 17.2 Å². The molecule has 2 aromatic carbocycles. The second-order valence-corrected chi connectivity index (χ2v) is 7.09. The van der Waals surface area contributed by atoms with Crippen LogP contribution in [0.15, 0.2) is 59.1 Å². The standard InChI is InChI=1S/C21H20ClN3O4/c1-14(16-4-3-5-18(12-16)25(27)28)24(2)21(26)11-10-20-23-13-19(29-20)15-6-8-17(22)9-7-15/h3-9,12-14H,10-11H2,1-2H3. The van der Waals surface area contributed by atoms with Gasteiger partial charge in [-0.1, -0.05) is 23.7 Å². The first-order valence-electron chi connectivity index (χ1n) is 9.06. The number of carbonyl (C=O) groups excluding carboxylic acids is 1. The Morgan fingerprint density at radius 3 is 2.69 bits per heavy atom. The fourth-order valence-electron chi connectivity index (χ4n) is 2.90. The van der Waals surface area contributed by atoms with E-state index in [1.54, 1.807) is 42.4 Å². The van der Waals surface area contributed by atoms with Crippen LogP contribution in [0.25, 0.3) is 11.3 Å². The van der Waals surface area contributed by atoms with Crippen molar-refractivity contribution < 1.29 is 14.1 Å². The van der Waals surface area contributed by atoms with Crippen molar-refractivity contribution in [3.63, 3.8) is 0 Å². The van der Waals surface area contributed by atoms with Gasteiger partial charge < -0.3 is 9.32 Å². The SMILES string of the molecule is CC(c1cccc([N+](=O)[O-])c1)N(C)C(=O)CCc1ncc(-c2ccc(Cl)cc2)o1. The lowest BCUT2D eigenvalue weighted by atomic mass is 10.1. The van der Waals surface area contributed by atoms with E-state index in [0.717, 1.165) is 5.56 Å². The quantitative estimate of drug-likeness (QED) is 0.399. The number of hydrogen-bond donors (Lipinski definition) is 0. The predicted molar refractivity (Wildman–Crippen MR) is 110 cm³/mol. The maximum absolute atomic E-state index is 12.6. The third-order valence-corrected chi connectivity index (χ3v) is 5.02. The molecular formula is C21H20ClN3O4. The Hall–Kier alpha value is -3.19. The van der Waals surface area contributed by atoms with Crippen molar-refractivity contribution in [2.45, 2.75) is 25.8 Å². The lowest BCUT2D eigenvalue weighted by molar-refractivity contribution is -0.384. The first-order chi connectivity index (χ1) is 13.8. The van der Waals surface area contributed by atoms with E-state index in [1.165, 1.54) is 12.1 Å². The number of rotatable bonds is 7. The van der Waals surface area contributed by atoms with E-state index < -0.39 is 4.92 Å². The molecule has 0 radical (unpaired) electrons. The van der Waals surface area contributed by atoms with E-state index in [1.807, 2.05) is 19.1 Å². The minimum absolute atomic E-state index is 0.00436. The molecule has 3 aromatic rings. The number of hydrogen-bond acceptors (Lipinski definition) is 5. The maximum Gasteiger partial charge on any atom is 0.269 e. The molecule has 0 aliphatic rings. The summed E-state index contributed by atoms with van der Waals surface area (Å²) in [5.74, 6) is 0.984. The van der Waals surface area contributed by atoms with Gasteiger partial charge in [0, 0.05) is 42.6 Å². The second-order valence-electron chi connectivity index (χ2n) is 6.66. The molecule has 0 aliphatic carbocycles. The average Bonchev–Trinajstić information content (AvgIpc) is 3.20. The van der Waals surface area contributed by atoms with Crippen LogP contribution in [-0.2, 0) is 11.2 Å². The molecule has 0 saturated heterocycles. The summed E-state index contributed by atoms with van der Waals surface area (Å²) in [5, 5.41) is 11.6. The van der Waals surface area contributed by atoms with Crippen LogP contribution in [0.3, 0.4) is 0 Å². The number of aromatic nitrogens is 1. The number of amides is 1. The van der Waals surface area contributed by atoms with Crippen LogP contribution in [0.4, 0.5) is 5.69 Å². The summed E-state index contributed by atoms with van der Waals surface area (Å²) in [6.07, 6.45) is 2.20. The van der Waals surface area contributed by atoms with Crippen LogP contribution in [0.2, 0.25) is 5.02 Å². The highest BCUT2D eigenvalue weighted by Gasteiger charge is 2.20. The van der Waals surface area contributed by atoms with Gasteiger partial charge in [-0.15, -0.1) is 0 Å². The van der Waals surface area contributed by atoms with Crippen LogP contribution < -0.4 is 0 Å². The molecule has 1 amide bonds. The lowest BCUT2D eigenvalue weighted by Gasteiger charge is -2.25. The van der Waals surface area contributed by atoms with Gasteiger partial charge in [-0.3, -0.25) is 14.9 Å². The highest BCUT2D eigenvalue weighted by atomic mass is 35.5. The number of non-ortho nitro benzene ring substituents is 1. The maximum atomic E-state index is 12.6. The summed E-state index contributed by atoms with van der Waals surface area (Å²) < 4.78 is 5.73. The Morgan fingerprint density at radius 2 is 2.00 bits per heavy atom. The molecule has 8 heteroatoms. The van der Waals surface area contributed by atoms with Crippen LogP contribution in [0.1, 0.15) is 30.8 Å². The molecule has 3 rings (SSSR count). The molecule has 0 N–H and O–H groups in total. The zero-order valence-corrected chi connectivity index (χ0v) is 16.8. The minimum atomic E-state index is -0.446. The Kier molecular flexibility index (Phi) is 6.29. The molecule has 1 unspecified atom stereocenters. The van der Waals surface area contributed by atoms with Crippen molar-refractivity contribution in [1.29, 1.82) is 0 Å². The fourth-order valence-corrected chi connectivity index (χ4v) is 3.03. The van der Waals surface area contributed by atoms with Crippen molar-refractivity contribution in [2.24, 2.45) is 0 Å². The summed E-state index contributed by atoms with van der Waals surface area (Å²) in [6.45, 7) is 1.83. The van der Waals surface area contributed by atoms with E-state index in [0.29, 0.717) is 28.7 Å². The molecule has 0 spiro atoms. The molecule has 0 bridgehead atoms. The molecule has 0 fully saturated rings. The highest BCUT2D eigenvalue weighted by Crippen LogP contribution is 2.25. The molecular weight excluding hydrogens is 394 g/mol. The van der Waals surface area contributed by atoms with Gasteiger partial charge in [0.1, 0.15) is 0 Å². The largest absolute Gasteiger partial charge is 0.441 e. The van der Waals surface area contributed by atoms with Crippen LogP contribution in [-0.4, -0.2) is 27.8 Å². The lowest BCUT2D eigenvalue weighted by Crippen LogP contribution is -2.29. The highest BCUT2D eigenvalue weighted by molar-refractivity contribution is 6.30. The summed E-state index contributed by atoms with van der Waals surface area (Å²) in [5.41, 5.74) is 1.57. The number of nitrogens with zero attached hydrogens (tertiary/aromatic N) is 3. The first kappa shape index (κ1) is 20.5. The van der Waals surface area contributed by atoms with E-state index in [2.05, 4.69) is 4.98 Å². The molecule has 1 atom stereocenters. The van der Waals surface area contributed by atoms with Crippen molar-refractivity contribution >= 4 is 23.2 Å². The van der Waals surface area contributed by atoms with Crippen molar-refractivity contribution in [3.8, 4) is 11.3 Å². The smallest absolute Gasteiger partial charge is 0.269 e. The monoisotopic (exact) mass is 413 g/mol. The molecule has 0 aliphatic heterocycles. The number of nitro groups is 1. The third-order valence-electron chi connectivity index (χ3n) is 4.77. The normalized spacial score (nSPS) is 11.8. The third kappa shape index (κ3) is 5.00. The molecule has 0 saturated carbocycles. The van der Waals surface area contributed by atoms with E-state index in [4.69, 9.17) is 16.0 Å². The van der Waals surface area contributed by atoms with Crippen LogP contribution in [0.5, 0.6) is 0 Å². The van der Waals surface area contributed by atoms with E-state index in [-0.39, 0.29) is 24.1 Å². The van der Waals surface area contributed by atoms with Crippen molar-refractivity contribution in [2.75, 3.05) is 7.05 Å². The number of aryl methyl sites for hydroxylation is 1. The molecule has 150 valence electrons. The van der Waals surface area contributed by atoms with Gasteiger partial charge in [-0.05, 0) is 36.8 Å². The fraction of sp³-hybridized carbons (Fsp3) is 0.238. The number of benzene rings is 2. The Labute approximate surface area is 173 Å². The topological polar surface area (TPSA) is 89.5 Å². The van der Waals surface area contributed by atoms with Gasteiger partial charge in [0.2, 0.25) is 5.91 Å². The summed E-state index contributed by atoms with van der Waals surface area (Å²) in [7, 11) is 1.68. The van der Waals surface area contributed by atoms with Crippen molar-refractivity contribution in [1.82, 2.24) is 9.88 Å². The second kappa shape index (κ2) is 8.87. The molecule has 7 nitrogen and oxygen atoms in total. The summed E-state index contributed by atoms with van der Waals surface area (Å²) in [6, 6.07) is 13.2. The Balaban J connectivity index is 1.61. The number of oxazole rings is 1. The van der Waals surface area contributed by atoms with Crippen molar-refractivity contribution in [3.05, 3.63) is 81.3 Å². The van der Waals surface area contributed by atoms with Gasteiger partial charge in [0.25, 0.3) is 5.69 Å².